The Labute approximate surface area is 337 Å². The highest BCUT2D eigenvalue weighted by Crippen LogP contribution is 2.43. The second-order valence-electron chi connectivity index (χ2n) is 14.7. The zero-order valence-corrected chi connectivity index (χ0v) is 31.9. The van der Waals surface area contributed by atoms with Crippen LogP contribution < -0.4 is 0 Å². The maximum Gasteiger partial charge on any atom is 0.164 e. The Kier molecular flexibility index (Phi) is 7.40. The highest BCUT2D eigenvalue weighted by atomic mass is 32.1. The van der Waals surface area contributed by atoms with Gasteiger partial charge >= 0.3 is 0 Å². The van der Waals surface area contributed by atoms with E-state index in [1.165, 1.54) is 47.7 Å². The number of thiophene rings is 1. The topological polar surface area (TPSA) is 56.7 Å². The van der Waals surface area contributed by atoms with E-state index in [9.17, 15) is 0 Å². The van der Waals surface area contributed by atoms with Crippen LogP contribution in [0.2, 0.25) is 0 Å². The van der Waals surface area contributed by atoms with Crippen LogP contribution in [-0.4, -0.2) is 19.5 Å². The van der Waals surface area contributed by atoms with Crippen molar-refractivity contribution in [2.24, 2.45) is 0 Å². The summed E-state index contributed by atoms with van der Waals surface area (Å²) in [7, 11) is 0. The zero-order chi connectivity index (χ0) is 38.2. The van der Waals surface area contributed by atoms with Gasteiger partial charge in [-0.1, -0.05) is 140 Å². The van der Waals surface area contributed by atoms with Crippen LogP contribution in [0.5, 0.6) is 0 Å². The van der Waals surface area contributed by atoms with Crippen LogP contribution >= 0.6 is 11.3 Å². The summed E-state index contributed by atoms with van der Waals surface area (Å²) < 4.78 is 11.4. The first-order valence-corrected chi connectivity index (χ1v) is 20.3. The fourth-order valence-electron chi connectivity index (χ4n) is 8.74. The fourth-order valence-corrected chi connectivity index (χ4v) is 9.98. The van der Waals surface area contributed by atoms with Crippen molar-refractivity contribution in [1.29, 1.82) is 0 Å². The van der Waals surface area contributed by atoms with Gasteiger partial charge in [0.2, 0.25) is 0 Å². The third-order valence-corrected chi connectivity index (χ3v) is 12.6. The molecule has 5 nitrogen and oxygen atoms in total. The summed E-state index contributed by atoms with van der Waals surface area (Å²) >= 11 is 1.83. The molecule has 6 heteroatoms. The summed E-state index contributed by atoms with van der Waals surface area (Å²) in [5.74, 6) is 1.98. The summed E-state index contributed by atoms with van der Waals surface area (Å²) in [6.07, 6.45) is 0.757. The molecule has 12 rings (SSSR count). The minimum atomic E-state index is 0.656. The van der Waals surface area contributed by atoms with Gasteiger partial charge in [0.1, 0.15) is 11.2 Å². The van der Waals surface area contributed by atoms with Crippen LogP contribution in [0.15, 0.2) is 186 Å². The molecule has 0 bridgehead atoms. The summed E-state index contributed by atoms with van der Waals surface area (Å²) in [6.45, 7) is 0. The van der Waals surface area contributed by atoms with E-state index < -0.39 is 0 Å². The molecule has 58 heavy (non-hydrogen) atoms. The maximum absolute atomic E-state index is 6.54. The molecule has 0 N–H and O–H groups in total. The number of para-hydroxylation sites is 2. The van der Waals surface area contributed by atoms with Crippen molar-refractivity contribution in [2.45, 2.75) is 6.42 Å². The van der Waals surface area contributed by atoms with Crippen molar-refractivity contribution in [3.05, 3.63) is 193 Å². The predicted molar refractivity (Wildman–Crippen MR) is 240 cm³/mol. The molecule has 272 valence electrons. The van der Waals surface area contributed by atoms with Crippen LogP contribution in [0, 0.1) is 0 Å². The Bertz CT molecular complexity index is 3440. The molecule has 0 aliphatic carbocycles. The molecule has 0 saturated carbocycles. The van der Waals surface area contributed by atoms with Gasteiger partial charge in [-0.2, -0.15) is 0 Å². The molecule has 4 heterocycles. The number of hydrogen-bond acceptors (Lipinski definition) is 5. The number of fused-ring (bicyclic) bond motifs is 9. The molecule has 0 fully saturated rings. The van der Waals surface area contributed by atoms with E-state index in [1.54, 1.807) is 0 Å². The Hall–Kier alpha value is -7.41. The van der Waals surface area contributed by atoms with Crippen molar-refractivity contribution >= 4 is 75.3 Å². The van der Waals surface area contributed by atoms with E-state index >= 15 is 0 Å². The van der Waals surface area contributed by atoms with Crippen LogP contribution in [0.4, 0.5) is 0 Å². The summed E-state index contributed by atoms with van der Waals surface area (Å²) in [5, 5.41) is 7.14. The van der Waals surface area contributed by atoms with E-state index in [1.807, 2.05) is 47.7 Å². The maximum atomic E-state index is 6.54. The second-order valence-corrected chi connectivity index (χ2v) is 15.8. The van der Waals surface area contributed by atoms with Gasteiger partial charge < -0.3 is 8.98 Å². The monoisotopic (exact) mass is 760 g/mol. The van der Waals surface area contributed by atoms with Crippen LogP contribution in [0.3, 0.4) is 0 Å². The SMILES string of the molecule is c1ccc(-c2nc(-c3ccccc3)nc(-c3cccc4sc5c(Cc6cccc7oc8ccc(-n9c%10ccccc%10c%10ccccc%109)cc8c67)cccc5c34)n2)cc1. The van der Waals surface area contributed by atoms with Gasteiger partial charge in [-0.05, 0) is 60.0 Å². The molecule has 0 amide bonds. The first kappa shape index (κ1) is 32.8. The number of hydrogen-bond donors (Lipinski definition) is 0. The van der Waals surface area contributed by atoms with Gasteiger partial charge in [-0.25, -0.2) is 15.0 Å². The molecule has 4 aromatic heterocycles. The van der Waals surface area contributed by atoms with E-state index in [0.717, 1.165) is 56.1 Å². The number of rotatable bonds is 6. The average molecular weight is 761 g/mol. The Balaban J connectivity index is 1.01. The molecule has 0 atom stereocenters. The number of benzene rings is 8. The molecule has 8 aromatic carbocycles. The fraction of sp³-hybridized carbons (Fsp3) is 0.0192. The molecule has 0 spiro atoms. The van der Waals surface area contributed by atoms with Gasteiger partial charge in [0, 0.05) is 64.1 Å². The Morgan fingerprint density at radius 1 is 0.448 bits per heavy atom. The van der Waals surface area contributed by atoms with Crippen molar-refractivity contribution in [3.63, 3.8) is 0 Å². The predicted octanol–water partition coefficient (Wildman–Crippen LogP) is 13.8. The minimum Gasteiger partial charge on any atom is -0.456 e. The molecule has 0 aliphatic rings. The Morgan fingerprint density at radius 2 is 1.05 bits per heavy atom. The first-order valence-electron chi connectivity index (χ1n) is 19.5. The van der Waals surface area contributed by atoms with E-state index in [0.29, 0.717) is 17.5 Å². The molecular weight excluding hydrogens is 729 g/mol. The van der Waals surface area contributed by atoms with Gasteiger partial charge in [-0.15, -0.1) is 11.3 Å². The van der Waals surface area contributed by atoms with E-state index in [-0.39, 0.29) is 0 Å². The lowest BCUT2D eigenvalue weighted by molar-refractivity contribution is 0.668. The van der Waals surface area contributed by atoms with Gasteiger partial charge in [-0.3, -0.25) is 0 Å². The van der Waals surface area contributed by atoms with Crippen LogP contribution in [0.1, 0.15) is 11.1 Å². The lowest BCUT2D eigenvalue weighted by Gasteiger charge is -2.10. The number of furan rings is 1. The molecule has 0 unspecified atom stereocenters. The smallest absolute Gasteiger partial charge is 0.164 e. The van der Waals surface area contributed by atoms with Crippen LogP contribution in [0.25, 0.3) is 104 Å². The van der Waals surface area contributed by atoms with E-state index in [4.69, 9.17) is 19.4 Å². The average Bonchev–Trinajstić information content (AvgIpc) is 3.97. The molecule has 0 saturated heterocycles. The Morgan fingerprint density at radius 3 is 1.78 bits per heavy atom. The number of aromatic nitrogens is 4. The van der Waals surface area contributed by atoms with Gasteiger partial charge in [0.15, 0.2) is 17.5 Å². The third kappa shape index (κ3) is 5.19. The quantitative estimate of drug-likeness (QED) is 0.169. The third-order valence-electron chi connectivity index (χ3n) is 11.3. The lowest BCUT2D eigenvalue weighted by atomic mass is 9.97. The standard InChI is InChI=1S/C52H32N4OS/c1-3-14-32(15-4-1)50-53-51(33-16-5-2-6-17-33)55-52(54-50)40-23-13-27-46-48(40)39-22-11-19-35(49(39)58-46)30-34-18-12-26-45-47(34)41-31-36(28-29-44(41)57-45)56-42-24-9-7-20-37(42)38-21-8-10-25-43(38)56/h1-29,31H,30H2. The summed E-state index contributed by atoms with van der Waals surface area (Å²) in [4.78, 5) is 15.2. The van der Waals surface area contributed by atoms with Crippen molar-refractivity contribution < 1.29 is 4.42 Å². The second kappa shape index (κ2) is 13.1. The molecule has 12 aromatic rings. The van der Waals surface area contributed by atoms with Crippen LogP contribution in [-0.2, 0) is 6.42 Å². The van der Waals surface area contributed by atoms with Gasteiger partial charge in [0.25, 0.3) is 0 Å². The van der Waals surface area contributed by atoms with Crippen molar-refractivity contribution in [2.75, 3.05) is 0 Å². The normalized spacial score (nSPS) is 11.9. The summed E-state index contributed by atoms with van der Waals surface area (Å²) in [5.41, 5.74) is 10.7. The number of nitrogens with zero attached hydrogens (tertiary/aromatic N) is 4. The highest BCUT2D eigenvalue weighted by molar-refractivity contribution is 7.26. The first-order chi connectivity index (χ1) is 28.7. The van der Waals surface area contributed by atoms with E-state index in [2.05, 4.69) is 150 Å². The van der Waals surface area contributed by atoms with Crippen molar-refractivity contribution in [1.82, 2.24) is 19.5 Å². The molecule has 0 aliphatic heterocycles. The molecule has 0 radical (unpaired) electrons. The minimum absolute atomic E-state index is 0.656. The largest absolute Gasteiger partial charge is 0.456 e. The van der Waals surface area contributed by atoms with Crippen molar-refractivity contribution in [3.8, 4) is 39.9 Å². The molecular formula is C52H32N4OS. The lowest BCUT2D eigenvalue weighted by Crippen LogP contribution is -2.00. The zero-order valence-electron chi connectivity index (χ0n) is 31.1. The highest BCUT2D eigenvalue weighted by Gasteiger charge is 2.20. The summed E-state index contributed by atoms with van der Waals surface area (Å²) in [6, 6.07) is 63.9. The van der Waals surface area contributed by atoms with Gasteiger partial charge in [0.05, 0.1) is 11.0 Å².